The predicted molar refractivity (Wildman–Crippen MR) is 78.5 cm³/mol. The highest BCUT2D eigenvalue weighted by atomic mass is 16.2. The summed E-state index contributed by atoms with van der Waals surface area (Å²) in [6.07, 6.45) is 0.731. The van der Waals surface area contributed by atoms with Gasteiger partial charge in [-0.05, 0) is 18.1 Å². The van der Waals surface area contributed by atoms with Gasteiger partial charge in [0.05, 0.1) is 0 Å². The molecule has 1 atom stereocenters. The van der Waals surface area contributed by atoms with Crippen molar-refractivity contribution in [3.05, 3.63) is 35.4 Å². The number of likely N-dealkylation sites (tertiary alicyclic amines) is 1. The second-order valence-corrected chi connectivity index (χ2v) is 4.94. The summed E-state index contributed by atoms with van der Waals surface area (Å²) in [5, 5.41) is 0. The Bertz CT molecular complexity index is 583. The maximum atomic E-state index is 12.3. The van der Waals surface area contributed by atoms with Gasteiger partial charge < -0.3 is 4.90 Å². The van der Waals surface area contributed by atoms with Crippen LogP contribution in [0, 0.1) is 0 Å². The van der Waals surface area contributed by atoms with E-state index in [9.17, 15) is 14.4 Å². The van der Waals surface area contributed by atoms with Crippen molar-refractivity contribution in [1.82, 2.24) is 9.80 Å². The van der Waals surface area contributed by atoms with Crippen molar-refractivity contribution in [3.63, 3.8) is 0 Å². The molecule has 1 unspecified atom stereocenters. The van der Waals surface area contributed by atoms with Crippen molar-refractivity contribution >= 4 is 17.7 Å². The number of hydrogen-bond donors (Lipinski definition) is 0. The van der Waals surface area contributed by atoms with E-state index >= 15 is 0 Å². The first-order chi connectivity index (χ1) is 10.1. The fourth-order valence-electron chi connectivity index (χ4n) is 2.72. The van der Waals surface area contributed by atoms with Crippen molar-refractivity contribution in [3.8, 4) is 0 Å². The lowest BCUT2D eigenvalue weighted by molar-refractivity contribution is -0.150. The Balaban J connectivity index is 0.000000774. The van der Waals surface area contributed by atoms with E-state index < -0.39 is 6.04 Å². The number of likely N-dealkylation sites (N-methyl/N-ethyl adjacent to an activating group) is 1. The van der Waals surface area contributed by atoms with Crippen LogP contribution in [0.25, 0.3) is 0 Å². The second kappa shape index (κ2) is 6.08. The van der Waals surface area contributed by atoms with E-state index in [-0.39, 0.29) is 17.7 Å². The first-order valence-electron chi connectivity index (χ1n) is 7.29. The van der Waals surface area contributed by atoms with Crippen molar-refractivity contribution in [2.75, 3.05) is 7.05 Å². The van der Waals surface area contributed by atoms with Crippen LogP contribution in [0.3, 0.4) is 0 Å². The smallest absolute Gasteiger partial charge is 0.255 e. The number of nitrogens with zero attached hydrogens (tertiary/aromatic N) is 2. The molecule has 112 valence electrons. The van der Waals surface area contributed by atoms with Gasteiger partial charge in [-0.3, -0.25) is 19.3 Å². The molecule has 0 aromatic heterocycles. The summed E-state index contributed by atoms with van der Waals surface area (Å²) in [6, 6.07) is 6.87. The van der Waals surface area contributed by atoms with Crippen LogP contribution < -0.4 is 0 Å². The Hall–Kier alpha value is -2.17. The monoisotopic (exact) mass is 288 g/mol. The molecule has 5 nitrogen and oxygen atoms in total. The highest BCUT2D eigenvalue weighted by molar-refractivity contribution is 6.05. The summed E-state index contributed by atoms with van der Waals surface area (Å²) in [5.74, 6) is -0.570. The minimum Gasteiger partial charge on any atom is -0.322 e. The van der Waals surface area contributed by atoms with Gasteiger partial charge in [0.1, 0.15) is 6.04 Å². The molecular weight excluding hydrogens is 268 g/mol. The molecule has 1 aromatic carbocycles. The van der Waals surface area contributed by atoms with Gasteiger partial charge in [-0.2, -0.15) is 0 Å². The summed E-state index contributed by atoms with van der Waals surface area (Å²) >= 11 is 0. The number of piperidine rings is 1. The minimum atomic E-state index is -0.511. The molecule has 0 aliphatic carbocycles. The molecule has 0 saturated carbocycles. The van der Waals surface area contributed by atoms with Crippen LogP contribution in [-0.2, 0) is 16.1 Å². The van der Waals surface area contributed by atoms with Crippen LogP contribution in [0.4, 0.5) is 0 Å². The third kappa shape index (κ3) is 2.55. The minimum absolute atomic E-state index is 0.114. The van der Waals surface area contributed by atoms with Gasteiger partial charge in [-0.25, -0.2) is 0 Å². The highest BCUT2D eigenvalue weighted by Crippen LogP contribution is 2.28. The first-order valence-corrected chi connectivity index (χ1v) is 7.29. The highest BCUT2D eigenvalue weighted by Gasteiger charge is 2.41. The zero-order chi connectivity index (χ0) is 15.6. The van der Waals surface area contributed by atoms with Gasteiger partial charge in [-0.1, -0.05) is 32.0 Å². The summed E-state index contributed by atoms with van der Waals surface area (Å²) in [4.78, 5) is 38.6. The van der Waals surface area contributed by atoms with E-state index in [4.69, 9.17) is 0 Å². The molecule has 3 amide bonds. The number of amides is 3. The zero-order valence-electron chi connectivity index (χ0n) is 12.6. The Labute approximate surface area is 124 Å². The van der Waals surface area contributed by atoms with Gasteiger partial charge >= 0.3 is 0 Å². The van der Waals surface area contributed by atoms with Gasteiger partial charge in [0, 0.05) is 25.6 Å². The predicted octanol–water partition coefficient (Wildman–Crippen LogP) is 1.82. The number of carbonyl (C=O) groups is 3. The Kier molecular flexibility index (Phi) is 4.40. The molecule has 0 radical (unpaired) electrons. The number of fused-ring (bicyclic) bond motifs is 1. The number of carbonyl (C=O) groups excluding carboxylic acids is 3. The molecule has 21 heavy (non-hydrogen) atoms. The third-order valence-electron chi connectivity index (χ3n) is 3.85. The lowest BCUT2D eigenvalue weighted by Gasteiger charge is -2.33. The maximum Gasteiger partial charge on any atom is 0.255 e. The standard InChI is InChI=1S/C14H14N2O3.C2H6/c1-15-12(17)7-6-11(14(15)19)16-8-9-4-2-3-5-10(9)13(16)18;1-2/h2-5,11H,6-8H2,1H3;1-2H3. The quantitative estimate of drug-likeness (QED) is 0.741. The van der Waals surface area contributed by atoms with Crippen molar-refractivity contribution in [2.45, 2.75) is 39.3 Å². The summed E-state index contributed by atoms with van der Waals surface area (Å²) in [7, 11) is 1.48. The second-order valence-electron chi connectivity index (χ2n) is 4.94. The zero-order valence-corrected chi connectivity index (χ0v) is 12.6. The Morgan fingerprint density at radius 1 is 1.10 bits per heavy atom. The Morgan fingerprint density at radius 2 is 1.76 bits per heavy atom. The molecule has 3 rings (SSSR count). The topological polar surface area (TPSA) is 57.7 Å². The van der Waals surface area contributed by atoms with Crippen molar-refractivity contribution in [1.29, 1.82) is 0 Å². The van der Waals surface area contributed by atoms with Crippen LogP contribution >= 0.6 is 0 Å². The van der Waals surface area contributed by atoms with Crippen LogP contribution in [0.2, 0.25) is 0 Å². The van der Waals surface area contributed by atoms with Crippen LogP contribution in [-0.4, -0.2) is 40.6 Å². The lowest BCUT2D eigenvalue weighted by Crippen LogP contribution is -2.53. The molecule has 2 aliphatic rings. The largest absolute Gasteiger partial charge is 0.322 e. The SMILES string of the molecule is CC.CN1C(=O)CCC(N2Cc3ccccc3C2=O)C1=O. The molecule has 0 bridgehead atoms. The number of imide groups is 1. The molecular formula is C16H20N2O3. The summed E-state index contributed by atoms with van der Waals surface area (Å²) in [5.41, 5.74) is 1.61. The van der Waals surface area contributed by atoms with E-state index in [0.717, 1.165) is 10.5 Å². The average Bonchev–Trinajstić information content (AvgIpc) is 2.85. The molecule has 1 fully saturated rings. The fraction of sp³-hybridized carbons (Fsp3) is 0.438. The van der Waals surface area contributed by atoms with Gasteiger partial charge in [-0.15, -0.1) is 0 Å². The van der Waals surface area contributed by atoms with Crippen LogP contribution in [0.5, 0.6) is 0 Å². The van der Waals surface area contributed by atoms with E-state index in [2.05, 4.69) is 0 Å². The summed E-state index contributed by atoms with van der Waals surface area (Å²) in [6.45, 7) is 4.45. The van der Waals surface area contributed by atoms with Crippen molar-refractivity contribution < 1.29 is 14.4 Å². The third-order valence-corrected chi connectivity index (χ3v) is 3.85. The van der Waals surface area contributed by atoms with Crippen LogP contribution in [0.15, 0.2) is 24.3 Å². The number of hydrogen-bond acceptors (Lipinski definition) is 3. The van der Waals surface area contributed by atoms with Gasteiger partial charge in [0.15, 0.2) is 0 Å². The molecule has 2 heterocycles. The number of rotatable bonds is 1. The normalized spacial score (nSPS) is 21.1. The summed E-state index contributed by atoms with van der Waals surface area (Å²) < 4.78 is 0. The molecule has 2 aliphatic heterocycles. The lowest BCUT2D eigenvalue weighted by atomic mass is 10.0. The van der Waals surface area contributed by atoms with Gasteiger partial charge in [0.2, 0.25) is 5.91 Å². The first kappa shape index (κ1) is 15.2. The number of benzene rings is 1. The molecule has 0 N–H and O–H groups in total. The average molecular weight is 288 g/mol. The fourth-order valence-corrected chi connectivity index (χ4v) is 2.72. The van der Waals surface area contributed by atoms with Gasteiger partial charge in [0.25, 0.3) is 11.8 Å². The van der Waals surface area contributed by atoms with E-state index in [1.54, 1.807) is 11.0 Å². The molecule has 5 heteroatoms. The maximum absolute atomic E-state index is 12.3. The van der Waals surface area contributed by atoms with E-state index in [1.165, 1.54) is 7.05 Å². The van der Waals surface area contributed by atoms with E-state index in [0.29, 0.717) is 24.9 Å². The van der Waals surface area contributed by atoms with Crippen molar-refractivity contribution in [2.24, 2.45) is 0 Å². The van der Waals surface area contributed by atoms with Crippen LogP contribution in [0.1, 0.15) is 42.6 Å². The Morgan fingerprint density at radius 3 is 2.43 bits per heavy atom. The van der Waals surface area contributed by atoms with E-state index in [1.807, 2.05) is 32.0 Å². The molecule has 1 aromatic rings. The molecule has 0 spiro atoms. The molecule has 1 saturated heterocycles.